The summed E-state index contributed by atoms with van der Waals surface area (Å²) >= 11 is 5.24. The van der Waals surface area contributed by atoms with Crippen LogP contribution in [0, 0.1) is 4.77 Å². The molecule has 0 amide bonds. The maximum absolute atomic E-state index is 9.25. The molecular weight excluding hydrogens is 234 g/mol. The molecule has 2 heterocycles. The van der Waals surface area contributed by atoms with Crippen molar-refractivity contribution in [3.63, 3.8) is 0 Å². The van der Waals surface area contributed by atoms with Gasteiger partial charge in [-0.25, -0.2) is 0 Å². The summed E-state index contributed by atoms with van der Waals surface area (Å²) in [5, 5.41) is 9.25. The second kappa shape index (κ2) is 5.80. The van der Waals surface area contributed by atoms with E-state index >= 15 is 0 Å². The lowest BCUT2D eigenvalue weighted by molar-refractivity contribution is 0.156. The van der Waals surface area contributed by atoms with Gasteiger partial charge in [-0.15, -0.1) is 0 Å². The van der Waals surface area contributed by atoms with Gasteiger partial charge in [-0.05, 0) is 45.1 Å². The fourth-order valence-electron chi connectivity index (χ4n) is 2.50. The molecule has 1 atom stereocenters. The van der Waals surface area contributed by atoms with Crippen molar-refractivity contribution in [1.29, 1.82) is 0 Å². The van der Waals surface area contributed by atoms with Crippen LogP contribution in [-0.4, -0.2) is 38.7 Å². The summed E-state index contributed by atoms with van der Waals surface area (Å²) < 4.78 is 2.71. The number of hydrogen-bond acceptors (Lipinski definition) is 3. The standard InChI is InChI=1S/C12H21N3OS/c1-10(14-5-3-2-4-6-14)8-15-11(9-16)7-13-12(15)17/h7,10,16H,2-6,8-9H2,1H3,(H,13,17). The van der Waals surface area contributed by atoms with Crippen LogP contribution in [0.2, 0.25) is 0 Å². The van der Waals surface area contributed by atoms with E-state index < -0.39 is 0 Å². The monoisotopic (exact) mass is 255 g/mol. The molecule has 1 aromatic heterocycles. The molecule has 0 spiro atoms. The maximum atomic E-state index is 9.25. The average molecular weight is 255 g/mol. The summed E-state index contributed by atoms with van der Waals surface area (Å²) in [6, 6.07) is 0.475. The van der Waals surface area contributed by atoms with Gasteiger partial charge >= 0.3 is 0 Å². The molecule has 1 unspecified atom stereocenters. The zero-order valence-corrected chi connectivity index (χ0v) is 11.2. The average Bonchev–Trinajstić information content (AvgIpc) is 2.71. The number of aromatic nitrogens is 2. The molecule has 0 aliphatic carbocycles. The predicted molar refractivity (Wildman–Crippen MR) is 70.4 cm³/mol. The van der Waals surface area contributed by atoms with Gasteiger partial charge in [-0.3, -0.25) is 4.90 Å². The van der Waals surface area contributed by atoms with Gasteiger partial charge in [0.25, 0.3) is 0 Å². The van der Waals surface area contributed by atoms with Crippen molar-refractivity contribution in [3.05, 3.63) is 16.7 Å². The zero-order chi connectivity index (χ0) is 12.3. The molecule has 0 aromatic carbocycles. The van der Waals surface area contributed by atoms with Gasteiger partial charge in [0.05, 0.1) is 12.3 Å². The lowest BCUT2D eigenvalue weighted by Crippen LogP contribution is -2.40. The van der Waals surface area contributed by atoms with Crippen LogP contribution in [0.25, 0.3) is 0 Å². The second-order valence-corrected chi connectivity index (χ2v) is 5.19. The van der Waals surface area contributed by atoms with Crippen LogP contribution in [0.4, 0.5) is 0 Å². The van der Waals surface area contributed by atoms with Crippen molar-refractivity contribution in [2.45, 2.75) is 45.4 Å². The maximum Gasteiger partial charge on any atom is 0.177 e. The van der Waals surface area contributed by atoms with Crippen LogP contribution in [-0.2, 0) is 13.2 Å². The van der Waals surface area contributed by atoms with E-state index in [1.165, 1.54) is 32.4 Å². The number of hydrogen-bond donors (Lipinski definition) is 2. The van der Waals surface area contributed by atoms with Crippen LogP contribution >= 0.6 is 12.2 Å². The van der Waals surface area contributed by atoms with Crippen molar-refractivity contribution < 1.29 is 5.11 Å². The molecule has 0 bridgehead atoms. The smallest absolute Gasteiger partial charge is 0.177 e. The molecule has 1 aliphatic heterocycles. The minimum absolute atomic E-state index is 0.0415. The number of aliphatic hydroxyl groups is 1. The first-order chi connectivity index (χ1) is 8.22. The van der Waals surface area contributed by atoms with E-state index in [0.717, 1.165) is 12.2 Å². The Kier molecular flexibility index (Phi) is 4.36. The lowest BCUT2D eigenvalue weighted by Gasteiger charge is -2.32. The highest BCUT2D eigenvalue weighted by molar-refractivity contribution is 7.71. The third-order valence-electron chi connectivity index (χ3n) is 3.58. The molecule has 17 heavy (non-hydrogen) atoms. The summed E-state index contributed by atoms with van der Waals surface area (Å²) in [4.78, 5) is 5.51. The lowest BCUT2D eigenvalue weighted by atomic mass is 10.1. The van der Waals surface area contributed by atoms with Crippen molar-refractivity contribution in [2.75, 3.05) is 13.1 Å². The van der Waals surface area contributed by atoms with E-state index in [2.05, 4.69) is 16.8 Å². The number of H-pyrrole nitrogens is 1. The Hall–Kier alpha value is -0.650. The SMILES string of the molecule is CC(Cn1c(CO)c[nH]c1=S)N1CCCCC1. The molecule has 2 rings (SSSR count). The highest BCUT2D eigenvalue weighted by atomic mass is 32.1. The van der Waals surface area contributed by atoms with Crippen molar-refractivity contribution in [1.82, 2.24) is 14.5 Å². The predicted octanol–water partition coefficient (Wildman–Crippen LogP) is 1.91. The number of nitrogens with one attached hydrogen (secondary N) is 1. The van der Waals surface area contributed by atoms with Gasteiger partial charge in [-0.1, -0.05) is 6.42 Å². The highest BCUT2D eigenvalue weighted by Crippen LogP contribution is 2.14. The molecule has 0 radical (unpaired) electrons. The van der Waals surface area contributed by atoms with Crippen LogP contribution < -0.4 is 0 Å². The molecule has 1 aliphatic rings. The van der Waals surface area contributed by atoms with Crippen LogP contribution in [0.1, 0.15) is 31.9 Å². The van der Waals surface area contributed by atoms with Gasteiger partial charge < -0.3 is 14.7 Å². The summed E-state index contributed by atoms with van der Waals surface area (Å²) in [5.41, 5.74) is 0.874. The van der Waals surface area contributed by atoms with E-state index in [0.29, 0.717) is 10.8 Å². The molecule has 96 valence electrons. The minimum Gasteiger partial charge on any atom is -0.390 e. The van der Waals surface area contributed by atoms with Crippen LogP contribution in [0.15, 0.2) is 6.20 Å². The van der Waals surface area contributed by atoms with Gasteiger partial charge in [0.2, 0.25) is 0 Å². The number of imidazole rings is 1. The number of likely N-dealkylation sites (tertiary alicyclic amines) is 1. The molecule has 5 heteroatoms. The largest absolute Gasteiger partial charge is 0.390 e. The van der Waals surface area contributed by atoms with E-state index in [-0.39, 0.29) is 6.61 Å². The summed E-state index contributed by atoms with van der Waals surface area (Å²) in [5.74, 6) is 0. The van der Waals surface area contributed by atoms with Crippen molar-refractivity contribution >= 4 is 12.2 Å². The normalized spacial score (nSPS) is 19.4. The quantitative estimate of drug-likeness (QED) is 0.808. The summed E-state index contributed by atoms with van der Waals surface area (Å²) in [6.45, 7) is 5.51. The Morgan fingerprint density at radius 1 is 1.41 bits per heavy atom. The molecule has 1 aromatic rings. The molecule has 0 saturated carbocycles. The minimum atomic E-state index is 0.0415. The second-order valence-electron chi connectivity index (χ2n) is 4.80. The first kappa shape index (κ1) is 12.8. The van der Waals surface area contributed by atoms with E-state index in [1.807, 2.05) is 4.57 Å². The van der Waals surface area contributed by atoms with E-state index in [9.17, 15) is 5.11 Å². The fraction of sp³-hybridized carbons (Fsp3) is 0.750. The van der Waals surface area contributed by atoms with E-state index in [4.69, 9.17) is 12.2 Å². The number of nitrogens with zero attached hydrogens (tertiary/aromatic N) is 2. The number of aromatic amines is 1. The number of rotatable bonds is 4. The van der Waals surface area contributed by atoms with Gasteiger partial charge in [0.1, 0.15) is 0 Å². The Balaban J connectivity index is 2.03. The Bertz CT molecular complexity index is 406. The van der Waals surface area contributed by atoms with Crippen molar-refractivity contribution in [3.8, 4) is 0 Å². The van der Waals surface area contributed by atoms with Gasteiger partial charge in [0, 0.05) is 18.8 Å². The molecule has 1 fully saturated rings. The van der Waals surface area contributed by atoms with Crippen molar-refractivity contribution in [2.24, 2.45) is 0 Å². The summed E-state index contributed by atoms with van der Waals surface area (Å²) in [7, 11) is 0. The third-order valence-corrected chi connectivity index (χ3v) is 3.92. The Morgan fingerprint density at radius 2 is 2.12 bits per heavy atom. The van der Waals surface area contributed by atoms with Crippen LogP contribution in [0.3, 0.4) is 0 Å². The summed E-state index contributed by atoms with van der Waals surface area (Å²) in [6.07, 6.45) is 5.76. The van der Waals surface area contributed by atoms with E-state index in [1.54, 1.807) is 6.20 Å². The molecule has 1 saturated heterocycles. The van der Waals surface area contributed by atoms with Crippen LogP contribution in [0.5, 0.6) is 0 Å². The molecular formula is C12H21N3OS. The van der Waals surface area contributed by atoms with Gasteiger partial charge in [0.15, 0.2) is 4.77 Å². The number of aliphatic hydroxyl groups excluding tert-OH is 1. The molecule has 2 N–H and O–H groups in total. The highest BCUT2D eigenvalue weighted by Gasteiger charge is 2.18. The Labute approximate surface area is 107 Å². The van der Waals surface area contributed by atoms with Gasteiger partial charge in [-0.2, -0.15) is 0 Å². The Morgan fingerprint density at radius 3 is 2.76 bits per heavy atom. The third kappa shape index (κ3) is 2.97. The topological polar surface area (TPSA) is 44.2 Å². The zero-order valence-electron chi connectivity index (χ0n) is 10.4. The number of piperidine rings is 1. The fourth-order valence-corrected chi connectivity index (χ4v) is 2.75. The molecule has 4 nitrogen and oxygen atoms in total. The first-order valence-electron chi connectivity index (χ1n) is 6.34. The first-order valence-corrected chi connectivity index (χ1v) is 6.75.